The minimum absolute atomic E-state index is 0.321. The van der Waals surface area contributed by atoms with Gasteiger partial charge >= 0.3 is 0 Å². The Hall–Kier alpha value is -0.770. The lowest BCUT2D eigenvalue weighted by Gasteiger charge is -2.23. The van der Waals surface area contributed by atoms with E-state index in [1.54, 1.807) is 0 Å². The topological polar surface area (TPSA) is 70.6 Å². The van der Waals surface area contributed by atoms with Crippen molar-refractivity contribution in [2.75, 3.05) is 6.54 Å². The molecule has 0 spiro atoms. The zero-order valence-electron chi connectivity index (χ0n) is 11.0. The van der Waals surface area contributed by atoms with Crippen molar-refractivity contribution < 1.29 is 5.21 Å². The second-order valence-electron chi connectivity index (χ2n) is 5.15. The number of hydrogen-bond donors (Lipinski definition) is 3. The van der Waals surface area contributed by atoms with Crippen molar-refractivity contribution in [1.29, 1.82) is 0 Å². The summed E-state index contributed by atoms with van der Waals surface area (Å²) in [5, 5.41) is 15.1. The number of nitrogens with zero attached hydrogens (tertiary/aromatic N) is 1. The van der Waals surface area contributed by atoms with Gasteiger partial charge in [-0.25, -0.2) is 0 Å². The lowest BCUT2D eigenvalue weighted by atomic mass is 9.87. The number of amidine groups is 1. The van der Waals surface area contributed by atoms with E-state index in [1.807, 2.05) is 0 Å². The van der Waals surface area contributed by atoms with Gasteiger partial charge in [0.05, 0.1) is 0 Å². The molecule has 4 heteroatoms. The summed E-state index contributed by atoms with van der Waals surface area (Å²) in [6, 6.07) is 0.342. The third-order valence-corrected chi connectivity index (χ3v) is 3.79. The van der Waals surface area contributed by atoms with Gasteiger partial charge in [-0.2, -0.15) is 0 Å². The van der Waals surface area contributed by atoms with Crippen molar-refractivity contribution >= 4 is 5.84 Å². The van der Waals surface area contributed by atoms with Gasteiger partial charge in [-0.15, -0.1) is 0 Å². The number of nitrogens with two attached hydrogens (primary N) is 1. The average Bonchev–Trinajstić information content (AvgIpc) is 2.38. The lowest BCUT2D eigenvalue weighted by Crippen LogP contribution is -2.34. The van der Waals surface area contributed by atoms with Crippen LogP contribution >= 0.6 is 0 Å². The highest BCUT2D eigenvalue weighted by Gasteiger charge is 2.14. The van der Waals surface area contributed by atoms with Crippen LogP contribution in [0.4, 0.5) is 0 Å². The molecule has 17 heavy (non-hydrogen) atoms. The fourth-order valence-electron chi connectivity index (χ4n) is 2.62. The third kappa shape index (κ3) is 5.91. The molecule has 1 fully saturated rings. The Kier molecular flexibility index (Phi) is 7.01. The van der Waals surface area contributed by atoms with E-state index in [0.717, 1.165) is 18.9 Å². The van der Waals surface area contributed by atoms with Crippen LogP contribution in [0.3, 0.4) is 0 Å². The lowest BCUT2D eigenvalue weighted by molar-refractivity contribution is 0.313. The second kappa shape index (κ2) is 8.34. The Bertz CT molecular complexity index is 225. The quantitative estimate of drug-likeness (QED) is 0.277. The van der Waals surface area contributed by atoms with E-state index in [1.165, 1.54) is 38.5 Å². The molecule has 0 aliphatic heterocycles. The van der Waals surface area contributed by atoms with E-state index >= 15 is 0 Å². The maximum Gasteiger partial charge on any atom is 0.140 e. The molecule has 0 saturated heterocycles. The minimum Gasteiger partial charge on any atom is -0.409 e. The average molecular weight is 241 g/mol. The molecule has 1 atom stereocenters. The van der Waals surface area contributed by atoms with Gasteiger partial charge in [0, 0.05) is 12.5 Å². The van der Waals surface area contributed by atoms with Crippen molar-refractivity contribution in [3.05, 3.63) is 0 Å². The first-order valence-corrected chi connectivity index (χ1v) is 6.96. The smallest absolute Gasteiger partial charge is 0.140 e. The Labute approximate surface area is 105 Å². The Balaban J connectivity index is 2.14. The van der Waals surface area contributed by atoms with Crippen LogP contribution < -0.4 is 11.1 Å². The Morgan fingerprint density at radius 3 is 2.71 bits per heavy atom. The summed E-state index contributed by atoms with van der Waals surface area (Å²) in [4.78, 5) is 0. The van der Waals surface area contributed by atoms with E-state index in [0.29, 0.717) is 18.3 Å². The van der Waals surface area contributed by atoms with Crippen molar-refractivity contribution in [3.63, 3.8) is 0 Å². The van der Waals surface area contributed by atoms with Crippen LogP contribution in [0.2, 0.25) is 0 Å². The number of oxime groups is 1. The van der Waals surface area contributed by atoms with Gasteiger partial charge in [0.25, 0.3) is 0 Å². The largest absolute Gasteiger partial charge is 0.409 e. The van der Waals surface area contributed by atoms with Crippen LogP contribution in [0.25, 0.3) is 0 Å². The summed E-state index contributed by atoms with van der Waals surface area (Å²) in [5.41, 5.74) is 5.52. The molecule has 4 N–H and O–H groups in total. The van der Waals surface area contributed by atoms with Crippen LogP contribution in [-0.4, -0.2) is 23.6 Å². The minimum atomic E-state index is 0.321. The Morgan fingerprint density at radius 1 is 1.41 bits per heavy atom. The van der Waals surface area contributed by atoms with Crippen molar-refractivity contribution in [1.82, 2.24) is 5.32 Å². The summed E-state index contributed by atoms with van der Waals surface area (Å²) in [6.45, 7) is 3.19. The molecule has 1 unspecified atom stereocenters. The predicted molar refractivity (Wildman–Crippen MR) is 71.3 cm³/mol. The molecule has 0 aromatic rings. The molecule has 1 rings (SSSR count). The van der Waals surface area contributed by atoms with Crippen molar-refractivity contribution in [2.45, 2.75) is 64.3 Å². The van der Waals surface area contributed by atoms with Gasteiger partial charge in [0.15, 0.2) is 0 Å². The molecule has 0 heterocycles. The van der Waals surface area contributed by atoms with E-state index in [9.17, 15) is 0 Å². The van der Waals surface area contributed by atoms with Gasteiger partial charge in [0.2, 0.25) is 0 Å². The summed E-state index contributed by atoms with van der Waals surface area (Å²) in [6.07, 6.45) is 9.96. The van der Waals surface area contributed by atoms with E-state index in [2.05, 4.69) is 17.4 Å². The number of nitrogens with one attached hydrogen (secondary N) is 1. The molecule has 0 aromatic carbocycles. The van der Waals surface area contributed by atoms with Crippen molar-refractivity contribution in [3.8, 4) is 0 Å². The first-order chi connectivity index (χ1) is 8.26. The highest BCUT2D eigenvalue weighted by atomic mass is 16.4. The fourth-order valence-corrected chi connectivity index (χ4v) is 2.62. The van der Waals surface area contributed by atoms with Crippen LogP contribution in [0.5, 0.6) is 0 Å². The van der Waals surface area contributed by atoms with E-state index in [4.69, 9.17) is 10.9 Å². The normalized spacial score (nSPS) is 20.4. The highest BCUT2D eigenvalue weighted by Crippen LogP contribution is 2.25. The van der Waals surface area contributed by atoms with Gasteiger partial charge in [-0.05, 0) is 25.3 Å². The number of rotatable bonds is 7. The first kappa shape index (κ1) is 14.3. The Morgan fingerprint density at radius 2 is 2.12 bits per heavy atom. The monoisotopic (exact) mass is 241 g/mol. The second-order valence-corrected chi connectivity index (χ2v) is 5.15. The predicted octanol–water partition coefficient (Wildman–Crippen LogP) is 2.46. The molecule has 100 valence electrons. The van der Waals surface area contributed by atoms with Crippen LogP contribution in [0, 0.1) is 5.92 Å². The standard InChI is InChI=1S/C13H27N3O/c1-2-12(10-13(14)16-17)15-9-8-11-6-4-3-5-7-11/h11-12,15,17H,2-10H2,1H3,(H2,14,16). The molecular formula is C13H27N3O. The van der Waals surface area contributed by atoms with Gasteiger partial charge in [-0.3, -0.25) is 0 Å². The molecule has 1 saturated carbocycles. The SMILES string of the molecule is CCC(CC(N)=NO)NCCC1CCCCC1. The summed E-state index contributed by atoms with van der Waals surface area (Å²) in [5.74, 6) is 1.24. The third-order valence-electron chi connectivity index (χ3n) is 3.79. The molecule has 1 aliphatic rings. The number of hydrogen-bond acceptors (Lipinski definition) is 3. The first-order valence-electron chi connectivity index (χ1n) is 6.96. The molecule has 0 amide bonds. The molecule has 0 aromatic heterocycles. The van der Waals surface area contributed by atoms with Gasteiger partial charge < -0.3 is 16.3 Å². The van der Waals surface area contributed by atoms with Crippen molar-refractivity contribution in [2.24, 2.45) is 16.8 Å². The zero-order chi connectivity index (χ0) is 12.5. The molecule has 4 nitrogen and oxygen atoms in total. The molecule has 1 aliphatic carbocycles. The zero-order valence-corrected chi connectivity index (χ0v) is 11.0. The van der Waals surface area contributed by atoms with Crippen LogP contribution in [0.1, 0.15) is 58.3 Å². The maximum atomic E-state index is 8.54. The summed E-state index contributed by atoms with van der Waals surface area (Å²) < 4.78 is 0. The summed E-state index contributed by atoms with van der Waals surface area (Å²) >= 11 is 0. The van der Waals surface area contributed by atoms with E-state index < -0.39 is 0 Å². The highest BCUT2D eigenvalue weighted by molar-refractivity contribution is 5.80. The molecular weight excluding hydrogens is 214 g/mol. The molecule has 0 radical (unpaired) electrons. The van der Waals surface area contributed by atoms with E-state index in [-0.39, 0.29) is 0 Å². The van der Waals surface area contributed by atoms with Gasteiger partial charge in [-0.1, -0.05) is 44.2 Å². The van der Waals surface area contributed by atoms with Crippen LogP contribution in [-0.2, 0) is 0 Å². The molecule has 0 bridgehead atoms. The van der Waals surface area contributed by atoms with Gasteiger partial charge in [0.1, 0.15) is 5.84 Å². The summed E-state index contributed by atoms with van der Waals surface area (Å²) in [7, 11) is 0. The van der Waals surface area contributed by atoms with Crippen LogP contribution in [0.15, 0.2) is 5.16 Å². The maximum absolute atomic E-state index is 8.54. The fraction of sp³-hybridized carbons (Fsp3) is 0.923.